The molecule has 26 heavy (non-hydrogen) atoms. The van der Waals surface area contributed by atoms with E-state index < -0.39 is 0 Å². The van der Waals surface area contributed by atoms with Gasteiger partial charge in [-0.15, -0.1) is 0 Å². The lowest BCUT2D eigenvalue weighted by atomic mass is 10.2. The van der Waals surface area contributed by atoms with Gasteiger partial charge in [-0.3, -0.25) is 10.1 Å². The Hall–Kier alpha value is -2.64. The van der Waals surface area contributed by atoms with E-state index in [1.54, 1.807) is 31.4 Å². The highest BCUT2D eigenvalue weighted by Gasteiger charge is 2.13. The molecule has 1 amide bonds. The van der Waals surface area contributed by atoms with Gasteiger partial charge in [-0.05, 0) is 55.5 Å². The second-order valence-corrected chi connectivity index (χ2v) is 5.61. The summed E-state index contributed by atoms with van der Waals surface area (Å²) in [5.41, 5.74) is 1.16. The number of carbonyl (C=O) groups excluding carboxylic acids is 1. The number of nitrogens with one attached hydrogen (secondary N) is 2. The lowest BCUT2D eigenvalue weighted by Gasteiger charge is -2.13. The van der Waals surface area contributed by atoms with Gasteiger partial charge in [0.2, 0.25) is 0 Å². The van der Waals surface area contributed by atoms with Gasteiger partial charge >= 0.3 is 0 Å². The van der Waals surface area contributed by atoms with Crippen molar-refractivity contribution in [3.63, 3.8) is 0 Å². The normalized spacial score (nSPS) is 10.1. The molecule has 6 nitrogen and oxygen atoms in total. The van der Waals surface area contributed by atoms with Gasteiger partial charge in [0.25, 0.3) is 5.91 Å². The number of thiocarbonyl (C=S) groups is 1. The van der Waals surface area contributed by atoms with Crippen LogP contribution in [0.1, 0.15) is 17.3 Å². The Labute approximate surface area is 158 Å². The summed E-state index contributed by atoms with van der Waals surface area (Å²) < 4.78 is 15.9. The average molecular weight is 374 g/mol. The van der Waals surface area contributed by atoms with E-state index in [-0.39, 0.29) is 11.0 Å². The Morgan fingerprint density at radius 3 is 2.46 bits per heavy atom. The Kier molecular flexibility index (Phi) is 7.85. The summed E-state index contributed by atoms with van der Waals surface area (Å²) in [4.78, 5) is 12.5. The molecule has 0 heterocycles. The summed E-state index contributed by atoms with van der Waals surface area (Å²) in [6.07, 6.45) is 0. The van der Waals surface area contributed by atoms with E-state index in [0.29, 0.717) is 31.1 Å². The van der Waals surface area contributed by atoms with Crippen LogP contribution in [0.4, 0.5) is 5.69 Å². The number of para-hydroxylation sites is 1. The van der Waals surface area contributed by atoms with Crippen molar-refractivity contribution < 1.29 is 19.0 Å². The molecule has 0 aliphatic carbocycles. The van der Waals surface area contributed by atoms with Crippen LogP contribution in [0.2, 0.25) is 0 Å². The van der Waals surface area contributed by atoms with E-state index in [9.17, 15) is 4.79 Å². The fourth-order valence-electron chi connectivity index (χ4n) is 2.15. The quantitative estimate of drug-likeness (QED) is 0.546. The number of rotatable bonds is 8. The molecule has 138 valence electrons. The van der Waals surface area contributed by atoms with Crippen molar-refractivity contribution in [2.24, 2.45) is 0 Å². The molecule has 0 unspecified atom stereocenters. The average Bonchev–Trinajstić information content (AvgIpc) is 2.64. The summed E-state index contributed by atoms with van der Waals surface area (Å²) in [5, 5.41) is 5.82. The summed E-state index contributed by atoms with van der Waals surface area (Å²) in [7, 11) is 1.59. The van der Waals surface area contributed by atoms with E-state index >= 15 is 0 Å². The molecule has 0 saturated carbocycles. The first kappa shape index (κ1) is 19.7. The molecule has 0 radical (unpaired) electrons. The van der Waals surface area contributed by atoms with Crippen LogP contribution in [0.25, 0.3) is 0 Å². The molecule has 0 aliphatic heterocycles. The molecule has 0 spiro atoms. The minimum Gasteiger partial charge on any atom is -0.494 e. The van der Waals surface area contributed by atoms with Gasteiger partial charge in [0.15, 0.2) is 5.11 Å². The number of amides is 1. The molecule has 0 saturated heterocycles. The van der Waals surface area contributed by atoms with Crippen LogP contribution in [0.5, 0.6) is 11.5 Å². The van der Waals surface area contributed by atoms with Gasteiger partial charge in [0, 0.05) is 12.8 Å². The van der Waals surface area contributed by atoms with Crippen molar-refractivity contribution in [3.8, 4) is 11.5 Å². The Bertz CT molecular complexity index is 735. The molecule has 0 fully saturated rings. The van der Waals surface area contributed by atoms with Crippen molar-refractivity contribution in [2.75, 3.05) is 32.2 Å². The van der Waals surface area contributed by atoms with Crippen molar-refractivity contribution in [2.45, 2.75) is 6.92 Å². The molecule has 2 aromatic rings. The lowest BCUT2D eigenvalue weighted by molar-refractivity contribution is 0.0970. The summed E-state index contributed by atoms with van der Waals surface area (Å²) in [6.45, 7) is 3.32. The van der Waals surface area contributed by atoms with E-state index in [2.05, 4.69) is 10.6 Å². The first-order valence-electron chi connectivity index (χ1n) is 8.20. The van der Waals surface area contributed by atoms with Gasteiger partial charge in [-0.25, -0.2) is 0 Å². The smallest absolute Gasteiger partial charge is 0.261 e. The van der Waals surface area contributed by atoms with Crippen LogP contribution >= 0.6 is 12.2 Å². The number of hydrogen-bond acceptors (Lipinski definition) is 5. The van der Waals surface area contributed by atoms with E-state index in [1.165, 1.54) is 0 Å². The van der Waals surface area contributed by atoms with Gasteiger partial charge in [-0.2, -0.15) is 0 Å². The third-order valence-electron chi connectivity index (χ3n) is 3.33. The maximum absolute atomic E-state index is 12.5. The molecule has 0 aliphatic rings. The largest absolute Gasteiger partial charge is 0.494 e. The second kappa shape index (κ2) is 10.4. The summed E-state index contributed by atoms with van der Waals surface area (Å²) >= 11 is 5.21. The van der Waals surface area contributed by atoms with Crippen LogP contribution in [-0.2, 0) is 4.74 Å². The van der Waals surface area contributed by atoms with Crippen molar-refractivity contribution in [3.05, 3.63) is 54.1 Å². The number of carbonyl (C=O) groups is 1. The van der Waals surface area contributed by atoms with Crippen LogP contribution in [0.15, 0.2) is 48.5 Å². The van der Waals surface area contributed by atoms with Crippen LogP contribution < -0.4 is 20.1 Å². The van der Waals surface area contributed by atoms with Gasteiger partial charge in [0.1, 0.15) is 18.1 Å². The van der Waals surface area contributed by atoms with Gasteiger partial charge in [0.05, 0.1) is 18.8 Å². The highest BCUT2D eigenvalue weighted by molar-refractivity contribution is 7.80. The van der Waals surface area contributed by atoms with Crippen molar-refractivity contribution >= 4 is 28.9 Å². The van der Waals surface area contributed by atoms with Crippen LogP contribution in [-0.4, -0.2) is 38.0 Å². The van der Waals surface area contributed by atoms with Crippen LogP contribution in [0.3, 0.4) is 0 Å². The highest BCUT2D eigenvalue weighted by atomic mass is 32.1. The second-order valence-electron chi connectivity index (χ2n) is 5.20. The minimum atomic E-state index is -0.346. The van der Waals surface area contributed by atoms with E-state index in [1.807, 2.05) is 31.2 Å². The zero-order valence-corrected chi connectivity index (χ0v) is 15.6. The number of methoxy groups -OCH3 is 1. The topological polar surface area (TPSA) is 68.8 Å². The number of benzene rings is 2. The first-order chi connectivity index (χ1) is 12.6. The van der Waals surface area contributed by atoms with E-state index in [0.717, 1.165) is 11.4 Å². The fourth-order valence-corrected chi connectivity index (χ4v) is 2.36. The lowest BCUT2D eigenvalue weighted by Crippen LogP contribution is -2.34. The zero-order chi connectivity index (χ0) is 18.8. The Morgan fingerprint density at radius 1 is 1.04 bits per heavy atom. The maximum Gasteiger partial charge on any atom is 0.261 e. The molecule has 7 heteroatoms. The third-order valence-corrected chi connectivity index (χ3v) is 3.53. The minimum absolute atomic E-state index is 0.200. The first-order valence-corrected chi connectivity index (χ1v) is 8.60. The highest BCUT2D eigenvalue weighted by Crippen LogP contribution is 2.18. The summed E-state index contributed by atoms with van der Waals surface area (Å²) in [6, 6.07) is 14.3. The SMILES string of the molecule is CCOc1ccc(NC(=S)NC(=O)c2ccccc2OCCOC)cc1. The van der Waals surface area contributed by atoms with Gasteiger partial charge < -0.3 is 19.5 Å². The van der Waals surface area contributed by atoms with Gasteiger partial charge in [-0.1, -0.05) is 12.1 Å². The monoisotopic (exact) mass is 374 g/mol. The third kappa shape index (κ3) is 6.02. The maximum atomic E-state index is 12.5. The van der Waals surface area contributed by atoms with Crippen molar-refractivity contribution in [1.82, 2.24) is 5.32 Å². The van der Waals surface area contributed by atoms with Crippen molar-refractivity contribution in [1.29, 1.82) is 0 Å². The molecule has 0 bridgehead atoms. The molecule has 2 aromatic carbocycles. The molecule has 0 aromatic heterocycles. The van der Waals surface area contributed by atoms with Crippen LogP contribution in [0, 0.1) is 0 Å². The fraction of sp³-hybridized carbons (Fsp3) is 0.263. The molecular weight excluding hydrogens is 352 g/mol. The Balaban J connectivity index is 1.95. The Morgan fingerprint density at radius 2 is 1.77 bits per heavy atom. The van der Waals surface area contributed by atoms with E-state index in [4.69, 9.17) is 26.4 Å². The standard InChI is InChI=1S/C19H22N2O4S/c1-3-24-15-10-8-14(9-11-15)20-19(26)21-18(22)16-6-4-5-7-17(16)25-13-12-23-2/h4-11H,3,12-13H2,1-2H3,(H2,20,21,22,26). The predicted octanol–water partition coefficient (Wildman–Crippen LogP) is 3.24. The number of anilines is 1. The number of ether oxygens (including phenoxy) is 3. The molecule has 2 rings (SSSR count). The predicted molar refractivity (Wildman–Crippen MR) is 105 cm³/mol. The molecular formula is C19H22N2O4S. The molecule has 2 N–H and O–H groups in total. The summed E-state index contributed by atoms with van der Waals surface area (Å²) in [5.74, 6) is 0.905. The zero-order valence-electron chi connectivity index (χ0n) is 14.8. The number of hydrogen-bond donors (Lipinski definition) is 2. The molecule has 0 atom stereocenters.